The SMILES string of the molecule is CC(Cn1ncc2ccc3oc(CN)cc3c21)NC(=O)OCc1ccccc1. The van der Waals surface area contributed by atoms with Gasteiger partial charge in [-0.3, -0.25) is 4.68 Å². The summed E-state index contributed by atoms with van der Waals surface area (Å²) < 4.78 is 12.9. The minimum atomic E-state index is -0.452. The molecule has 0 saturated heterocycles. The summed E-state index contributed by atoms with van der Waals surface area (Å²) in [5.74, 6) is 0.728. The molecule has 1 unspecified atom stereocenters. The van der Waals surface area contributed by atoms with E-state index in [1.165, 1.54) is 0 Å². The second-order valence-corrected chi connectivity index (χ2v) is 6.77. The maximum atomic E-state index is 12.1. The molecule has 0 bridgehead atoms. The third kappa shape index (κ3) is 3.70. The Balaban J connectivity index is 1.45. The van der Waals surface area contributed by atoms with Crippen LogP contribution in [0, 0.1) is 0 Å². The lowest BCUT2D eigenvalue weighted by Gasteiger charge is -2.15. The van der Waals surface area contributed by atoms with Gasteiger partial charge in [-0.25, -0.2) is 4.79 Å². The van der Waals surface area contributed by atoms with Gasteiger partial charge in [0.1, 0.15) is 18.0 Å². The number of rotatable bonds is 6. The average molecular weight is 378 g/mol. The topological polar surface area (TPSA) is 95.3 Å². The van der Waals surface area contributed by atoms with Crippen LogP contribution < -0.4 is 11.1 Å². The van der Waals surface area contributed by atoms with Gasteiger partial charge >= 0.3 is 6.09 Å². The molecule has 4 rings (SSSR count). The number of carbonyl (C=O) groups excluding carboxylic acids is 1. The van der Waals surface area contributed by atoms with Gasteiger partial charge in [-0.15, -0.1) is 0 Å². The van der Waals surface area contributed by atoms with Crippen LogP contribution >= 0.6 is 0 Å². The largest absolute Gasteiger partial charge is 0.460 e. The summed E-state index contributed by atoms with van der Waals surface area (Å²) in [5.41, 5.74) is 8.39. The van der Waals surface area contributed by atoms with Gasteiger partial charge in [0.2, 0.25) is 0 Å². The molecule has 7 nitrogen and oxygen atoms in total. The molecule has 3 N–H and O–H groups in total. The molecule has 2 heterocycles. The highest BCUT2D eigenvalue weighted by atomic mass is 16.5. The summed E-state index contributed by atoms with van der Waals surface area (Å²) in [4.78, 5) is 12.1. The van der Waals surface area contributed by atoms with E-state index >= 15 is 0 Å². The fraction of sp³-hybridized carbons (Fsp3) is 0.238. The number of hydrogen-bond donors (Lipinski definition) is 2. The average Bonchev–Trinajstić information content (AvgIpc) is 3.30. The molecule has 0 radical (unpaired) electrons. The quantitative estimate of drug-likeness (QED) is 0.535. The number of amides is 1. The molecule has 7 heteroatoms. The molecule has 0 fully saturated rings. The number of benzene rings is 2. The van der Waals surface area contributed by atoms with Crippen LogP contribution in [0.25, 0.3) is 21.9 Å². The van der Waals surface area contributed by atoms with Crippen LogP contribution in [0.5, 0.6) is 0 Å². The number of alkyl carbamates (subject to hydrolysis) is 1. The van der Waals surface area contributed by atoms with Gasteiger partial charge in [0.15, 0.2) is 0 Å². The van der Waals surface area contributed by atoms with Gasteiger partial charge in [-0.05, 0) is 30.7 Å². The van der Waals surface area contributed by atoms with Crippen molar-refractivity contribution >= 4 is 28.0 Å². The first-order chi connectivity index (χ1) is 13.6. The van der Waals surface area contributed by atoms with Crippen LogP contribution in [0.4, 0.5) is 4.79 Å². The van der Waals surface area contributed by atoms with E-state index in [0.717, 1.165) is 33.2 Å². The third-order valence-corrected chi connectivity index (χ3v) is 4.57. The normalized spacial score (nSPS) is 12.4. The van der Waals surface area contributed by atoms with Gasteiger partial charge in [-0.1, -0.05) is 30.3 Å². The maximum absolute atomic E-state index is 12.1. The molecule has 2 aromatic heterocycles. The third-order valence-electron chi connectivity index (χ3n) is 4.57. The van der Waals surface area contributed by atoms with Crippen LogP contribution in [0.15, 0.2) is 59.1 Å². The molecule has 0 aliphatic rings. The number of nitrogens with two attached hydrogens (primary N) is 1. The fourth-order valence-electron chi connectivity index (χ4n) is 3.26. The molecular weight excluding hydrogens is 356 g/mol. The van der Waals surface area contributed by atoms with Crippen molar-refractivity contribution in [2.75, 3.05) is 0 Å². The van der Waals surface area contributed by atoms with E-state index in [9.17, 15) is 4.79 Å². The van der Waals surface area contributed by atoms with Gasteiger partial charge < -0.3 is 20.2 Å². The number of nitrogens with one attached hydrogen (secondary N) is 1. The summed E-state index contributed by atoms with van der Waals surface area (Å²) >= 11 is 0. The highest BCUT2D eigenvalue weighted by Crippen LogP contribution is 2.28. The molecule has 1 amide bonds. The molecule has 2 aromatic carbocycles. The zero-order valence-corrected chi connectivity index (χ0v) is 15.6. The standard InChI is InChI=1S/C21H22N4O3/c1-14(24-21(26)27-13-15-5-3-2-4-6-15)12-25-20-16(11-23-25)7-8-19-18(20)9-17(10-22)28-19/h2-9,11,14H,10,12-13,22H2,1H3,(H,24,26). The van der Waals surface area contributed by atoms with Crippen molar-refractivity contribution in [1.82, 2.24) is 15.1 Å². The molecule has 0 aliphatic carbocycles. The minimum Gasteiger partial charge on any atom is -0.460 e. The van der Waals surface area contributed by atoms with Crippen molar-refractivity contribution < 1.29 is 13.9 Å². The Hall–Kier alpha value is -3.32. The summed E-state index contributed by atoms with van der Waals surface area (Å²) in [6.07, 6.45) is 1.36. The Labute approximate surface area is 162 Å². The van der Waals surface area contributed by atoms with Crippen LogP contribution in [-0.2, 0) is 24.4 Å². The molecule has 4 aromatic rings. The van der Waals surface area contributed by atoms with Gasteiger partial charge in [0, 0.05) is 16.8 Å². The van der Waals surface area contributed by atoms with E-state index in [0.29, 0.717) is 13.1 Å². The van der Waals surface area contributed by atoms with Gasteiger partial charge in [0.25, 0.3) is 0 Å². The smallest absolute Gasteiger partial charge is 0.407 e. The molecule has 0 aliphatic heterocycles. The lowest BCUT2D eigenvalue weighted by Crippen LogP contribution is -2.36. The monoisotopic (exact) mass is 378 g/mol. The van der Waals surface area contributed by atoms with E-state index in [2.05, 4.69) is 10.4 Å². The van der Waals surface area contributed by atoms with E-state index in [1.807, 2.05) is 66.3 Å². The van der Waals surface area contributed by atoms with Gasteiger partial charge in [0.05, 0.1) is 24.8 Å². The molecule has 28 heavy (non-hydrogen) atoms. The van der Waals surface area contributed by atoms with E-state index in [1.54, 1.807) is 0 Å². The van der Waals surface area contributed by atoms with E-state index in [-0.39, 0.29) is 12.6 Å². The minimum absolute atomic E-state index is 0.164. The Morgan fingerprint density at radius 2 is 2.11 bits per heavy atom. The number of aromatic nitrogens is 2. The molecule has 1 atom stereocenters. The van der Waals surface area contributed by atoms with E-state index in [4.69, 9.17) is 14.9 Å². The molecule has 0 spiro atoms. The van der Waals surface area contributed by atoms with Crippen molar-refractivity contribution in [3.63, 3.8) is 0 Å². The highest BCUT2D eigenvalue weighted by molar-refractivity contribution is 6.03. The van der Waals surface area contributed by atoms with Crippen LogP contribution in [0.3, 0.4) is 0 Å². The number of fused-ring (bicyclic) bond motifs is 3. The Morgan fingerprint density at radius 1 is 1.29 bits per heavy atom. The summed E-state index contributed by atoms with van der Waals surface area (Å²) in [7, 11) is 0. The maximum Gasteiger partial charge on any atom is 0.407 e. The molecular formula is C21H22N4O3. The number of carbonyl (C=O) groups is 1. The highest BCUT2D eigenvalue weighted by Gasteiger charge is 2.15. The summed E-state index contributed by atoms with van der Waals surface area (Å²) in [6.45, 7) is 3.00. The number of nitrogens with zero attached hydrogens (tertiary/aromatic N) is 2. The van der Waals surface area contributed by atoms with Crippen LogP contribution in [0.2, 0.25) is 0 Å². The zero-order chi connectivity index (χ0) is 19.5. The van der Waals surface area contributed by atoms with Crippen molar-refractivity contribution in [1.29, 1.82) is 0 Å². The zero-order valence-electron chi connectivity index (χ0n) is 15.6. The number of ether oxygens (including phenoxy) is 1. The first kappa shape index (κ1) is 18.1. The van der Waals surface area contributed by atoms with Crippen molar-refractivity contribution in [3.8, 4) is 0 Å². The lowest BCUT2D eigenvalue weighted by molar-refractivity contribution is 0.135. The number of hydrogen-bond acceptors (Lipinski definition) is 5. The van der Waals surface area contributed by atoms with Crippen LogP contribution in [-0.4, -0.2) is 21.9 Å². The Kier molecular flexibility index (Phi) is 4.99. The lowest BCUT2D eigenvalue weighted by atomic mass is 10.2. The number of furan rings is 1. The van der Waals surface area contributed by atoms with Crippen molar-refractivity contribution in [2.45, 2.75) is 32.7 Å². The summed E-state index contributed by atoms with van der Waals surface area (Å²) in [6, 6.07) is 15.3. The second-order valence-electron chi connectivity index (χ2n) is 6.77. The first-order valence-electron chi connectivity index (χ1n) is 9.18. The molecule has 0 saturated carbocycles. The molecule has 144 valence electrons. The first-order valence-corrected chi connectivity index (χ1v) is 9.18. The Morgan fingerprint density at radius 3 is 2.89 bits per heavy atom. The van der Waals surface area contributed by atoms with Gasteiger partial charge in [-0.2, -0.15) is 5.10 Å². The van der Waals surface area contributed by atoms with Crippen LogP contribution in [0.1, 0.15) is 18.2 Å². The van der Waals surface area contributed by atoms with Crippen molar-refractivity contribution in [2.24, 2.45) is 5.73 Å². The fourth-order valence-corrected chi connectivity index (χ4v) is 3.26. The predicted octanol–water partition coefficient (Wildman–Crippen LogP) is 3.56. The second kappa shape index (κ2) is 7.74. The summed E-state index contributed by atoms with van der Waals surface area (Å²) in [5, 5.41) is 9.30. The van der Waals surface area contributed by atoms with Crippen molar-refractivity contribution in [3.05, 3.63) is 66.1 Å². The Bertz CT molecular complexity index is 1100. The van der Waals surface area contributed by atoms with E-state index < -0.39 is 6.09 Å². The predicted molar refractivity (Wildman–Crippen MR) is 107 cm³/mol.